The van der Waals surface area contributed by atoms with Gasteiger partial charge in [-0.2, -0.15) is 0 Å². The van der Waals surface area contributed by atoms with E-state index >= 15 is 0 Å². The molecule has 0 amide bonds. The molecule has 1 unspecified atom stereocenters. The molecule has 0 aliphatic heterocycles. The van der Waals surface area contributed by atoms with E-state index in [4.69, 9.17) is 14.2 Å². The molecule has 0 fully saturated rings. The zero-order valence-corrected chi connectivity index (χ0v) is 37.0. The summed E-state index contributed by atoms with van der Waals surface area (Å²) in [6, 6.07) is 0. The molecule has 0 aromatic rings. The van der Waals surface area contributed by atoms with Crippen LogP contribution in [0, 0.1) is 17.8 Å². The summed E-state index contributed by atoms with van der Waals surface area (Å²) in [5.74, 6) is 1.57. The molecule has 0 spiro atoms. The molecule has 0 bridgehead atoms. The number of carbonyl (C=O) groups excluding carboxylic acids is 3. The quantitative estimate of drug-likeness (QED) is 0.0350. The van der Waals surface area contributed by atoms with Crippen molar-refractivity contribution in [2.24, 2.45) is 17.8 Å². The number of hydrogen-bond donors (Lipinski definition) is 0. The Morgan fingerprint density at radius 1 is 0.370 bits per heavy atom. The molecule has 6 nitrogen and oxygen atoms in total. The standard InChI is InChI=1S/C48H92O6/c1-7-44(6)36-30-24-20-21-26-32-38-47(50)53-41-45(54-48(51)39-33-27-19-15-17-23-29-35-43(4)5)40-52-46(49)37-31-25-18-14-12-10-8-9-11-13-16-22-28-34-42(2)3/h42-45H,7-41H2,1-6H3/t44?,45-/m0/s1. The molecule has 0 aliphatic rings. The predicted molar refractivity (Wildman–Crippen MR) is 229 cm³/mol. The van der Waals surface area contributed by atoms with Crippen molar-refractivity contribution in [2.45, 2.75) is 260 Å². The van der Waals surface area contributed by atoms with Gasteiger partial charge in [-0.15, -0.1) is 0 Å². The molecule has 0 saturated carbocycles. The Hall–Kier alpha value is -1.59. The van der Waals surface area contributed by atoms with E-state index in [2.05, 4.69) is 41.5 Å². The molecule has 54 heavy (non-hydrogen) atoms. The highest BCUT2D eigenvalue weighted by Crippen LogP contribution is 2.17. The number of unbranched alkanes of at least 4 members (excludes halogenated alkanes) is 23. The molecule has 6 heteroatoms. The van der Waals surface area contributed by atoms with Gasteiger partial charge >= 0.3 is 17.9 Å². The Morgan fingerprint density at radius 2 is 0.648 bits per heavy atom. The molecular formula is C48H92O6. The molecule has 0 rings (SSSR count). The second kappa shape index (κ2) is 39.6. The maximum Gasteiger partial charge on any atom is 0.306 e. The van der Waals surface area contributed by atoms with Gasteiger partial charge in [0.2, 0.25) is 0 Å². The number of carbonyl (C=O) groups is 3. The summed E-state index contributed by atoms with van der Waals surface area (Å²) >= 11 is 0. The van der Waals surface area contributed by atoms with Crippen molar-refractivity contribution >= 4 is 17.9 Å². The summed E-state index contributed by atoms with van der Waals surface area (Å²) in [6.07, 6.45) is 36.7. The lowest BCUT2D eigenvalue weighted by Gasteiger charge is -2.18. The van der Waals surface area contributed by atoms with Crippen molar-refractivity contribution in [3.05, 3.63) is 0 Å². The van der Waals surface area contributed by atoms with Crippen molar-refractivity contribution in [2.75, 3.05) is 13.2 Å². The normalized spacial score (nSPS) is 12.7. The molecule has 0 aromatic carbocycles. The second-order valence-corrected chi connectivity index (χ2v) is 17.6. The largest absolute Gasteiger partial charge is 0.462 e. The first-order valence-electron chi connectivity index (χ1n) is 23.6. The minimum atomic E-state index is -0.762. The van der Waals surface area contributed by atoms with Gasteiger partial charge in [-0.25, -0.2) is 0 Å². The van der Waals surface area contributed by atoms with Gasteiger partial charge < -0.3 is 14.2 Å². The number of esters is 3. The van der Waals surface area contributed by atoms with Gasteiger partial charge in [-0.1, -0.05) is 215 Å². The Kier molecular flexibility index (Phi) is 38.5. The van der Waals surface area contributed by atoms with Gasteiger partial charge in [-0.05, 0) is 37.0 Å². The Bertz CT molecular complexity index is 839. The summed E-state index contributed by atoms with van der Waals surface area (Å²) < 4.78 is 16.7. The summed E-state index contributed by atoms with van der Waals surface area (Å²) in [4.78, 5) is 37.7. The van der Waals surface area contributed by atoms with E-state index in [1.807, 2.05) is 0 Å². The molecular weight excluding hydrogens is 673 g/mol. The van der Waals surface area contributed by atoms with Crippen LogP contribution in [0.1, 0.15) is 253 Å². The fourth-order valence-corrected chi connectivity index (χ4v) is 7.02. The van der Waals surface area contributed by atoms with Gasteiger partial charge in [0.15, 0.2) is 6.10 Å². The van der Waals surface area contributed by atoms with Crippen LogP contribution in [-0.4, -0.2) is 37.2 Å². The zero-order valence-electron chi connectivity index (χ0n) is 37.0. The van der Waals surface area contributed by atoms with Gasteiger partial charge in [0.05, 0.1) is 0 Å². The highest BCUT2D eigenvalue weighted by atomic mass is 16.6. The third-order valence-corrected chi connectivity index (χ3v) is 11.0. The van der Waals surface area contributed by atoms with E-state index in [0.717, 1.165) is 75.5 Å². The molecule has 0 aromatic heterocycles. The van der Waals surface area contributed by atoms with Gasteiger partial charge in [-0.3, -0.25) is 14.4 Å². The number of rotatable bonds is 41. The van der Waals surface area contributed by atoms with Crippen LogP contribution in [0.4, 0.5) is 0 Å². The van der Waals surface area contributed by atoms with E-state index in [-0.39, 0.29) is 31.1 Å². The van der Waals surface area contributed by atoms with Crippen LogP contribution >= 0.6 is 0 Å². The number of hydrogen-bond acceptors (Lipinski definition) is 6. The summed E-state index contributed by atoms with van der Waals surface area (Å²) in [5, 5.41) is 0. The van der Waals surface area contributed by atoms with Crippen LogP contribution in [0.3, 0.4) is 0 Å². The lowest BCUT2D eigenvalue weighted by molar-refractivity contribution is -0.167. The van der Waals surface area contributed by atoms with Crippen LogP contribution in [-0.2, 0) is 28.6 Å². The Balaban J connectivity index is 4.29. The van der Waals surface area contributed by atoms with Crippen LogP contribution in [0.2, 0.25) is 0 Å². The lowest BCUT2D eigenvalue weighted by Crippen LogP contribution is -2.30. The molecule has 0 N–H and O–H groups in total. The van der Waals surface area contributed by atoms with Crippen molar-refractivity contribution < 1.29 is 28.6 Å². The van der Waals surface area contributed by atoms with Crippen molar-refractivity contribution in [3.8, 4) is 0 Å². The molecule has 320 valence electrons. The van der Waals surface area contributed by atoms with Crippen LogP contribution in [0.5, 0.6) is 0 Å². The third kappa shape index (κ3) is 40.1. The van der Waals surface area contributed by atoms with Gasteiger partial charge in [0.1, 0.15) is 13.2 Å². The second-order valence-electron chi connectivity index (χ2n) is 17.6. The Labute approximate surface area is 336 Å². The lowest BCUT2D eigenvalue weighted by atomic mass is 10.00. The molecule has 0 aliphatic carbocycles. The summed E-state index contributed by atoms with van der Waals surface area (Å²) in [7, 11) is 0. The van der Waals surface area contributed by atoms with Gasteiger partial charge in [0, 0.05) is 19.3 Å². The first kappa shape index (κ1) is 52.4. The molecule has 0 saturated heterocycles. The van der Waals surface area contributed by atoms with E-state index in [9.17, 15) is 14.4 Å². The molecule has 0 heterocycles. The van der Waals surface area contributed by atoms with E-state index < -0.39 is 6.10 Å². The molecule has 0 radical (unpaired) electrons. The van der Waals surface area contributed by atoms with Crippen molar-refractivity contribution in [1.82, 2.24) is 0 Å². The topological polar surface area (TPSA) is 78.9 Å². The summed E-state index contributed by atoms with van der Waals surface area (Å²) in [5.41, 5.74) is 0. The average Bonchev–Trinajstić information content (AvgIpc) is 3.14. The SMILES string of the molecule is CCC(C)CCCCCCCCC(=O)OC[C@H](COC(=O)CCCCCCCCCCCCCCCC(C)C)OC(=O)CCCCCCCCCC(C)C. The first-order valence-corrected chi connectivity index (χ1v) is 23.6. The third-order valence-electron chi connectivity index (χ3n) is 11.0. The molecule has 2 atom stereocenters. The predicted octanol–water partition coefficient (Wildman–Crippen LogP) is 14.8. The minimum Gasteiger partial charge on any atom is -0.462 e. The van der Waals surface area contributed by atoms with E-state index in [0.29, 0.717) is 19.3 Å². The monoisotopic (exact) mass is 765 g/mol. The van der Waals surface area contributed by atoms with Crippen LogP contribution in [0.15, 0.2) is 0 Å². The zero-order chi connectivity index (χ0) is 39.9. The van der Waals surface area contributed by atoms with Crippen molar-refractivity contribution in [3.63, 3.8) is 0 Å². The number of ether oxygens (including phenoxy) is 3. The maximum atomic E-state index is 12.7. The fraction of sp³-hybridized carbons (Fsp3) is 0.938. The smallest absolute Gasteiger partial charge is 0.306 e. The van der Waals surface area contributed by atoms with Crippen LogP contribution < -0.4 is 0 Å². The van der Waals surface area contributed by atoms with Gasteiger partial charge in [0.25, 0.3) is 0 Å². The Morgan fingerprint density at radius 3 is 0.963 bits per heavy atom. The highest BCUT2D eigenvalue weighted by molar-refractivity contribution is 5.71. The minimum absolute atomic E-state index is 0.0666. The fourth-order valence-electron chi connectivity index (χ4n) is 7.02. The van der Waals surface area contributed by atoms with Crippen molar-refractivity contribution in [1.29, 1.82) is 0 Å². The van der Waals surface area contributed by atoms with E-state index in [1.165, 1.54) is 135 Å². The van der Waals surface area contributed by atoms with Crippen LogP contribution in [0.25, 0.3) is 0 Å². The first-order chi connectivity index (χ1) is 26.1. The maximum absolute atomic E-state index is 12.7. The highest BCUT2D eigenvalue weighted by Gasteiger charge is 2.19. The summed E-state index contributed by atoms with van der Waals surface area (Å²) in [6.45, 7) is 13.6. The van der Waals surface area contributed by atoms with E-state index in [1.54, 1.807) is 0 Å². The average molecular weight is 765 g/mol.